The number of aromatic hydroxyl groups is 1. The number of halogens is 2. The van der Waals surface area contributed by atoms with E-state index >= 15 is 0 Å². The van der Waals surface area contributed by atoms with Gasteiger partial charge in [-0.1, -0.05) is 0 Å². The smallest absolute Gasteiger partial charge is 0.173 e. The first-order chi connectivity index (χ1) is 6.45. The number of aliphatic hydroxyl groups is 1. The van der Waals surface area contributed by atoms with E-state index in [0.29, 0.717) is 0 Å². The molecule has 0 saturated heterocycles. The third-order valence-corrected chi connectivity index (χ3v) is 1.90. The summed E-state index contributed by atoms with van der Waals surface area (Å²) < 4.78 is 26.2. The fourth-order valence-electron chi connectivity index (χ4n) is 1.09. The van der Waals surface area contributed by atoms with Crippen LogP contribution in [0.4, 0.5) is 8.78 Å². The van der Waals surface area contributed by atoms with Crippen LogP contribution in [0, 0.1) is 11.6 Å². The molecule has 0 aliphatic heterocycles. The van der Waals surface area contributed by atoms with Gasteiger partial charge < -0.3 is 15.9 Å². The van der Waals surface area contributed by atoms with E-state index in [4.69, 9.17) is 10.8 Å². The van der Waals surface area contributed by atoms with Gasteiger partial charge in [0.1, 0.15) is 5.82 Å². The Labute approximate surface area is 79.8 Å². The van der Waals surface area contributed by atoms with E-state index in [1.54, 1.807) is 0 Å². The van der Waals surface area contributed by atoms with Gasteiger partial charge in [-0.05, 0) is 19.1 Å². The molecule has 1 aromatic rings. The maximum absolute atomic E-state index is 13.2. The topological polar surface area (TPSA) is 66.5 Å². The van der Waals surface area contributed by atoms with Crippen LogP contribution in [0.25, 0.3) is 0 Å². The molecular weight excluding hydrogens is 192 g/mol. The Hall–Kier alpha value is -1.20. The molecule has 14 heavy (non-hydrogen) atoms. The molecule has 0 amide bonds. The number of benzene rings is 1. The molecule has 3 nitrogen and oxygen atoms in total. The molecule has 0 bridgehead atoms. The van der Waals surface area contributed by atoms with Gasteiger partial charge in [0.25, 0.3) is 0 Å². The molecule has 0 saturated carbocycles. The van der Waals surface area contributed by atoms with Crippen molar-refractivity contribution < 1.29 is 19.0 Å². The zero-order valence-electron chi connectivity index (χ0n) is 7.54. The Morgan fingerprint density at radius 3 is 2.43 bits per heavy atom. The molecule has 78 valence electrons. The van der Waals surface area contributed by atoms with Crippen LogP contribution in [-0.4, -0.2) is 16.3 Å². The number of nitrogens with two attached hydrogens (primary N) is 1. The summed E-state index contributed by atoms with van der Waals surface area (Å²) in [5.74, 6) is -2.80. The van der Waals surface area contributed by atoms with Crippen LogP contribution in [-0.2, 0) is 0 Å². The molecule has 0 fully saturated rings. The van der Waals surface area contributed by atoms with Crippen LogP contribution in [0.5, 0.6) is 5.75 Å². The van der Waals surface area contributed by atoms with Gasteiger partial charge in [0.2, 0.25) is 0 Å². The number of aliphatic hydroxyl groups excluding tert-OH is 1. The lowest BCUT2D eigenvalue weighted by atomic mass is 10.0. The van der Waals surface area contributed by atoms with Gasteiger partial charge in [-0.2, -0.15) is 0 Å². The van der Waals surface area contributed by atoms with E-state index in [2.05, 4.69) is 0 Å². The Balaban J connectivity index is 3.25. The third-order valence-electron chi connectivity index (χ3n) is 1.90. The van der Waals surface area contributed by atoms with Crippen molar-refractivity contribution in [3.05, 3.63) is 29.3 Å². The summed E-state index contributed by atoms with van der Waals surface area (Å²) in [5.41, 5.74) is 4.69. The molecule has 0 spiro atoms. The summed E-state index contributed by atoms with van der Waals surface area (Å²) in [5, 5.41) is 18.3. The molecule has 4 N–H and O–H groups in total. The highest BCUT2D eigenvalue weighted by molar-refractivity contribution is 5.33. The Morgan fingerprint density at radius 2 is 1.93 bits per heavy atom. The molecule has 0 aromatic heterocycles. The van der Waals surface area contributed by atoms with Gasteiger partial charge in [0.15, 0.2) is 11.6 Å². The number of hydrogen-bond donors (Lipinski definition) is 3. The highest BCUT2D eigenvalue weighted by Crippen LogP contribution is 2.28. The molecular formula is C9H11F2NO2. The molecule has 2 unspecified atom stereocenters. The van der Waals surface area contributed by atoms with Gasteiger partial charge in [-0.25, -0.2) is 8.78 Å². The molecule has 0 aliphatic rings. The Morgan fingerprint density at radius 1 is 1.36 bits per heavy atom. The summed E-state index contributed by atoms with van der Waals surface area (Å²) in [6.07, 6.45) is -1.47. The highest BCUT2D eigenvalue weighted by atomic mass is 19.1. The molecule has 5 heteroatoms. The number of rotatable bonds is 2. The monoisotopic (exact) mass is 203 g/mol. The second-order valence-corrected chi connectivity index (χ2v) is 3.10. The van der Waals surface area contributed by atoms with Crippen LogP contribution in [0.2, 0.25) is 0 Å². The summed E-state index contributed by atoms with van der Waals surface area (Å²) in [6.45, 7) is 1.41. The normalized spacial score (nSPS) is 15.2. The predicted octanol–water partition coefficient (Wildman–Crippen LogP) is 1.05. The standard InChI is InChI=1S/C9H11F2NO2/c1-4(12)9(14)7-5(10)2-3-6(13)8(7)11/h2-4,9,13-14H,12H2,1H3. The van der Waals surface area contributed by atoms with Gasteiger partial charge >= 0.3 is 0 Å². The molecule has 2 atom stereocenters. The first kappa shape index (κ1) is 10.9. The Bertz CT molecular complexity index is 342. The quantitative estimate of drug-likeness (QED) is 0.673. The van der Waals surface area contributed by atoms with Crippen molar-refractivity contribution in [1.29, 1.82) is 0 Å². The second kappa shape index (κ2) is 3.89. The summed E-state index contributed by atoms with van der Waals surface area (Å²) >= 11 is 0. The van der Waals surface area contributed by atoms with Crippen molar-refractivity contribution in [3.8, 4) is 5.75 Å². The molecule has 0 aliphatic carbocycles. The van der Waals surface area contributed by atoms with Gasteiger partial charge in [-0.15, -0.1) is 0 Å². The van der Waals surface area contributed by atoms with E-state index in [9.17, 15) is 13.9 Å². The third kappa shape index (κ3) is 1.83. The minimum atomic E-state index is -1.47. The zero-order valence-corrected chi connectivity index (χ0v) is 7.54. The average Bonchev–Trinajstić information content (AvgIpc) is 2.12. The van der Waals surface area contributed by atoms with Crippen LogP contribution < -0.4 is 5.73 Å². The number of phenols is 1. The number of phenolic OH excluding ortho intramolecular Hbond substituents is 1. The SMILES string of the molecule is CC(N)C(O)c1c(F)ccc(O)c1F. The largest absolute Gasteiger partial charge is 0.505 e. The van der Waals surface area contributed by atoms with Gasteiger partial charge in [0, 0.05) is 6.04 Å². The van der Waals surface area contributed by atoms with Crippen molar-refractivity contribution in [2.75, 3.05) is 0 Å². The first-order valence-corrected chi connectivity index (χ1v) is 4.05. The molecule has 1 rings (SSSR count). The summed E-state index contributed by atoms with van der Waals surface area (Å²) in [4.78, 5) is 0. The Kier molecular flexibility index (Phi) is 3.03. The van der Waals surface area contributed by atoms with Crippen molar-refractivity contribution in [3.63, 3.8) is 0 Å². The van der Waals surface area contributed by atoms with Gasteiger partial charge in [0.05, 0.1) is 11.7 Å². The minimum Gasteiger partial charge on any atom is -0.505 e. The van der Waals surface area contributed by atoms with Crippen LogP contribution in [0.3, 0.4) is 0 Å². The first-order valence-electron chi connectivity index (χ1n) is 4.05. The highest BCUT2D eigenvalue weighted by Gasteiger charge is 2.23. The number of hydrogen-bond acceptors (Lipinski definition) is 3. The molecule has 1 aromatic carbocycles. The van der Waals surface area contributed by atoms with E-state index in [-0.39, 0.29) is 0 Å². The van der Waals surface area contributed by atoms with E-state index in [0.717, 1.165) is 12.1 Å². The van der Waals surface area contributed by atoms with E-state index in [1.807, 2.05) is 0 Å². The van der Waals surface area contributed by atoms with Crippen molar-refractivity contribution in [1.82, 2.24) is 0 Å². The van der Waals surface area contributed by atoms with Crippen LogP contribution in [0.15, 0.2) is 12.1 Å². The van der Waals surface area contributed by atoms with Crippen LogP contribution >= 0.6 is 0 Å². The molecule has 0 heterocycles. The van der Waals surface area contributed by atoms with Crippen molar-refractivity contribution in [2.45, 2.75) is 19.1 Å². The zero-order chi connectivity index (χ0) is 10.9. The van der Waals surface area contributed by atoms with Crippen molar-refractivity contribution >= 4 is 0 Å². The van der Waals surface area contributed by atoms with Gasteiger partial charge in [-0.3, -0.25) is 0 Å². The average molecular weight is 203 g/mol. The van der Waals surface area contributed by atoms with Crippen molar-refractivity contribution in [2.24, 2.45) is 5.73 Å². The van der Waals surface area contributed by atoms with Crippen LogP contribution in [0.1, 0.15) is 18.6 Å². The maximum Gasteiger partial charge on any atom is 0.173 e. The lowest BCUT2D eigenvalue weighted by Crippen LogP contribution is -2.26. The maximum atomic E-state index is 13.2. The molecule has 0 radical (unpaired) electrons. The summed E-state index contributed by atoms with van der Waals surface area (Å²) in [6, 6.07) is 0.933. The van der Waals surface area contributed by atoms with E-state index < -0.39 is 35.1 Å². The fourth-order valence-corrected chi connectivity index (χ4v) is 1.09. The fraction of sp³-hybridized carbons (Fsp3) is 0.333. The van der Waals surface area contributed by atoms with E-state index in [1.165, 1.54) is 6.92 Å². The minimum absolute atomic E-state index is 0.597. The lowest BCUT2D eigenvalue weighted by molar-refractivity contribution is 0.143. The lowest BCUT2D eigenvalue weighted by Gasteiger charge is -2.16. The summed E-state index contributed by atoms with van der Waals surface area (Å²) in [7, 11) is 0. The second-order valence-electron chi connectivity index (χ2n) is 3.10. The predicted molar refractivity (Wildman–Crippen MR) is 46.6 cm³/mol.